The van der Waals surface area contributed by atoms with Crippen LogP contribution in [0.2, 0.25) is 10.0 Å². The van der Waals surface area contributed by atoms with E-state index in [1.807, 2.05) is 13.1 Å². The topological polar surface area (TPSA) is 56.7 Å². The highest BCUT2D eigenvalue weighted by Gasteiger charge is 2.14. The summed E-state index contributed by atoms with van der Waals surface area (Å²) in [6, 6.07) is 5.13. The van der Waals surface area contributed by atoms with Crippen molar-refractivity contribution in [3.05, 3.63) is 40.6 Å². The maximum absolute atomic E-state index is 6.12. The van der Waals surface area contributed by atoms with Crippen LogP contribution in [-0.4, -0.2) is 19.9 Å². The molecule has 3 aromatic rings. The molecule has 0 N–H and O–H groups in total. The van der Waals surface area contributed by atoms with Gasteiger partial charge in [0.05, 0.1) is 16.8 Å². The molecule has 0 saturated carbocycles. The third-order valence-electron chi connectivity index (χ3n) is 2.80. The highest BCUT2D eigenvalue weighted by molar-refractivity contribution is 6.36. The molecular formula is C13H10Cl2N4O. The van der Waals surface area contributed by atoms with E-state index in [1.54, 1.807) is 29.1 Å². The van der Waals surface area contributed by atoms with Crippen LogP contribution in [0.1, 0.15) is 6.92 Å². The second-order valence-corrected chi connectivity index (χ2v) is 4.98. The molecule has 2 aromatic heterocycles. The zero-order chi connectivity index (χ0) is 14.1. The Hall–Kier alpha value is -1.85. The van der Waals surface area contributed by atoms with Gasteiger partial charge in [0.1, 0.15) is 0 Å². The van der Waals surface area contributed by atoms with Crippen LogP contribution in [0.25, 0.3) is 22.8 Å². The predicted octanol–water partition coefficient (Wildman–Crippen LogP) is 3.93. The molecule has 0 aliphatic rings. The Bertz CT molecular complexity index is 750. The molecule has 0 aliphatic heterocycles. The summed E-state index contributed by atoms with van der Waals surface area (Å²) in [6.07, 6.45) is 3.53. The number of aromatic nitrogens is 4. The first-order chi connectivity index (χ1) is 9.67. The van der Waals surface area contributed by atoms with Crippen molar-refractivity contribution in [2.75, 3.05) is 0 Å². The van der Waals surface area contributed by atoms with Gasteiger partial charge in [0.25, 0.3) is 5.89 Å². The fourth-order valence-electron chi connectivity index (χ4n) is 1.77. The maximum Gasteiger partial charge on any atom is 0.261 e. The van der Waals surface area contributed by atoms with Crippen molar-refractivity contribution in [2.45, 2.75) is 13.5 Å². The molecule has 20 heavy (non-hydrogen) atoms. The van der Waals surface area contributed by atoms with Gasteiger partial charge >= 0.3 is 0 Å². The van der Waals surface area contributed by atoms with E-state index < -0.39 is 0 Å². The van der Waals surface area contributed by atoms with E-state index >= 15 is 0 Å². The van der Waals surface area contributed by atoms with Crippen molar-refractivity contribution in [1.29, 1.82) is 0 Å². The molecule has 0 amide bonds. The number of aryl methyl sites for hydroxylation is 1. The predicted molar refractivity (Wildman–Crippen MR) is 76.6 cm³/mol. The molecule has 1 aromatic carbocycles. The number of benzene rings is 1. The molecule has 0 unspecified atom stereocenters. The summed E-state index contributed by atoms with van der Waals surface area (Å²) in [5.74, 6) is 0.830. The lowest BCUT2D eigenvalue weighted by molar-refractivity contribution is 0.432. The average molecular weight is 309 g/mol. The molecule has 0 saturated heterocycles. The van der Waals surface area contributed by atoms with Crippen molar-refractivity contribution in [1.82, 2.24) is 19.9 Å². The van der Waals surface area contributed by atoms with E-state index in [1.165, 1.54) is 0 Å². The van der Waals surface area contributed by atoms with Gasteiger partial charge in [0, 0.05) is 23.3 Å². The average Bonchev–Trinajstić information content (AvgIpc) is 3.07. The van der Waals surface area contributed by atoms with E-state index in [9.17, 15) is 0 Å². The lowest BCUT2D eigenvalue weighted by Gasteiger charge is -1.98. The second-order valence-electron chi connectivity index (χ2n) is 4.13. The maximum atomic E-state index is 6.12. The zero-order valence-corrected chi connectivity index (χ0v) is 12.1. The quantitative estimate of drug-likeness (QED) is 0.735. The minimum absolute atomic E-state index is 0.408. The second kappa shape index (κ2) is 5.26. The Morgan fingerprint density at radius 1 is 1.30 bits per heavy atom. The van der Waals surface area contributed by atoms with E-state index in [2.05, 4.69) is 15.2 Å². The number of halogens is 2. The standard InChI is InChI=1S/C13H10Cl2N4O/c1-2-19-7-8(6-16-19)13-17-12(18-20-13)10-4-3-9(14)5-11(10)15/h3-7H,2H2,1H3. The van der Waals surface area contributed by atoms with Gasteiger partial charge in [-0.1, -0.05) is 28.4 Å². The molecule has 5 nitrogen and oxygen atoms in total. The molecule has 0 fully saturated rings. The van der Waals surface area contributed by atoms with E-state index in [0.717, 1.165) is 12.1 Å². The zero-order valence-electron chi connectivity index (χ0n) is 10.5. The van der Waals surface area contributed by atoms with Crippen LogP contribution in [0.15, 0.2) is 35.1 Å². The molecule has 3 rings (SSSR count). The summed E-state index contributed by atoms with van der Waals surface area (Å²) in [5.41, 5.74) is 1.45. The lowest BCUT2D eigenvalue weighted by atomic mass is 10.2. The highest BCUT2D eigenvalue weighted by atomic mass is 35.5. The lowest BCUT2D eigenvalue weighted by Crippen LogP contribution is -1.91. The van der Waals surface area contributed by atoms with Crippen molar-refractivity contribution < 1.29 is 4.52 Å². The monoisotopic (exact) mass is 308 g/mol. The van der Waals surface area contributed by atoms with Crippen LogP contribution in [-0.2, 0) is 6.54 Å². The van der Waals surface area contributed by atoms with E-state index in [4.69, 9.17) is 27.7 Å². The van der Waals surface area contributed by atoms with Crippen molar-refractivity contribution in [2.24, 2.45) is 0 Å². The van der Waals surface area contributed by atoms with Crippen molar-refractivity contribution in [3.63, 3.8) is 0 Å². The van der Waals surface area contributed by atoms with Gasteiger partial charge in [-0.05, 0) is 25.1 Å². The Morgan fingerprint density at radius 3 is 2.85 bits per heavy atom. The third-order valence-corrected chi connectivity index (χ3v) is 3.35. The number of hydrogen-bond acceptors (Lipinski definition) is 4. The van der Waals surface area contributed by atoms with Crippen molar-refractivity contribution in [3.8, 4) is 22.8 Å². The summed E-state index contributed by atoms with van der Waals surface area (Å²) in [5, 5.41) is 9.15. The first kappa shape index (κ1) is 13.1. The molecule has 0 radical (unpaired) electrons. The van der Waals surface area contributed by atoms with Crippen molar-refractivity contribution >= 4 is 23.2 Å². The third kappa shape index (κ3) is 2.42. The molecular weight excluding hydrogens is 299 g/mol. The summed E-state index contributed by atoms with van der Waals surface area (Å²) >= 11 is 12.0. The minimum atomic E-state index is 0.408. The van der Waals surface area contributed by atoms with Gasteiger partial charge in [-0.3, -0.25) is 4.68 Å². The molecule has 2 heterocycles. The smallest absolute Gasteiger partial charge is 0.261 e. The van der Waals surface area contributed by atoms with Gasteiger partial charge in [-0.25, -0.2) is 0 Å². The highest BCUT2D eigenvalue weighted by Crippen LogP contribution is 2.29. The van der Waals surface area contributed by atoms with Gasteiger partial charge in [-0.2, -0.15) is 10.1 Å². The summed E-state index contributed by atoms with van der Waals surface area (Å²) in [7, 11) is 0. The Labute approximate surface area is 125 Å². The van der Waals surface area contributed by atoms with E-state index in [-0.39, 0.29) is 0 Å². The molecule has 0 aliphatic carbocycles. The van der Waals surface area contributed by atoms with Gasteiger partial charge in [0.15, 0.2) is 0 Å². The largest absolute Gasteiger partial charge is 0.333 e. The molecule has 7 heteroatoms. The minimum Gasteiger partial charge on any atom is -0.333 e. The summed E-state index contributed by atoms with van der Waals surface area (Å²) < 4.78 is 7.03. The Kier molecular flexibility index (Phi) is 3.46. The molecule has 0 spiro atoms. The van der Waals surface area contributed by atoms with Crippen LogP contribution >= 0.6 is 23.2 Å². The molecule has 0 bridgehead atoms. The van der Waals surface area contributed by atoms with Gasteiger partial charge in [-0.15, -0.1) is 0 Å². The number of rotatable bonds is 3. The van der Waals surface area contributed by atoms with Crippen LogP contribution in [0.5, 0.6) is 0 Å². The molecule has 0 atom stereocenters. The SMILES string of the molecule is CCn1cc(-c2nc(-c3ccc(Cl)cc3Cl)no2)cn1. The van der Waals surface area contributed by atoms with Crippen LogP contribution in [0.3, 0.4) is 0 Å². The number of hydrogen-bond donors (Lipinski definition) is 0. The fourth-order valence-corrected chi connectivity index (χ4v) is 2.26. The first-order valence-electron chi connectivity index (χ1n) is 5.99. The van der Waals surface area contributed by atoms with Gasteiger partial charge < -0.3 is 4.52 Å². The van der Waals surface area contributed by atoms with Crippen LogP contribution in [0.4, 0.5) is 0 Å². The summed E-state index contributed by atoms with van der Waals surface area (Å²) in [4.78, 5) is 4.33. The Morgan fingerprint density at radius 2 is 2.15 bits per heavy atom. The molecule has 102 valence electrons. The first-order valence-corrected chi connectivity index (χ1v) is 6.75. The van der Waals surface area contributed by atoms with E-state index in [0.29, 0.717) is 27.3 Å². The summed E-state index contributed by atoms with van der Waals surface area (Å²) in [6.45, 7) is 2.79. The van der Waals surface area contributed by atoms with Crippen LogP contribution in [0, 0.1) is 0 Å². The van der Waals surface area contributed by atoms with Crippen LogP contribution < -0.4 is 0 Å². The normalized spacial score (nSPS) is 10.9. The Balaban J connectivity index is 1.97. The fraction of sp³-hybridized carbons (Fsp3) is 0.154. The van der Waals surface area contributed by atoms with Gasteiger partial charge in [0.2, 0.25) is 5.82 Å². The number of nitrogens with zero attached hydrogens (tertiary/aromatic N) is 4.